The Morgan fingerprint density at radius 2 is 2.04 bits per heavy atom. The minimum absolute atomic E-state index is 0. The van der Waals surface area contributed by atoms with E-state index in [9.17, 15) is 4.79 Å². The lowest BCUT2D eigenvalue weighted by atomic mass is 9.90. The second-order valence-electron chi connectivity index (χ2n) is 6.23. The molecule has 2 atom stereocenters. The summed E-state index contributed by atoms with van der Waals surface area (Å²) < 4.78 is 5.55. The van der Waals surface area contributed by atoms with Crippen molar-refractivity contribution in [3.05, 3.63) is 29.3 Å². The van der Waals surface area contributed by atoms with Gasteiger partial charge in [0.05, 0.1) is 12.6 Å². The standard InChI is InChI=1S/C17H24N4O2.HI/c18-16(22)15-9-8-12(23-15)10-20-17(19)21-14-7-3-5-11-4-1-2-6-13(11)14;/h3,5,7,12,15H,1-2,4,6,8-10H2,(H2,18,22)(H3,19,20,21);1H. The fourth-order valence-electron chi connectivity index (χ4n) is 3.33. The predicted octanol–water partition coefficient (Wildman–Crippen LogP) is 1.94. The molecule has 0 aromatic heterocycles. The van der Waals surface area contributed by atoms with Gasteiger partial charge in [0.25, 0.3) is 0 Å². The van der Waals surface area contributed by atoms with Crippen LogP contribution in [0.1, 0.15) is 36.8 Å². The Balaban J connectivity index is 0.00000208. The minimum atomic E-state index is -0.481. The van der Waals surface area contributed by atoms with Crippen LogP contribution in [-0.4, -0.2) is 30.6 Å². The van der Waals surface area contributed by atoms with Crippen molar-refractivity contribution in [2.45, 2.75) is 50.7 Å². The topological polar surface area (TPSA) is 103 Å². The summed E-state index contributed by atoms with van der Waals surface area (Å²) in [6.45, 7) is 0.442. The fourth-order valence-corrected chi connectivity index (χ4v) is 3.33. The van der Waals surface area contributed by atoms with Crippen molar-refractivity contribution < 1.29 is 9.53 Å². The Kier molecular flexibility index (Phi) is 6.85. The summed E-state index contributed by atoms with van der Waals surface area (Å²) >= 11 is 0. The number of hydrogen-bond donors (Lipinski definition) is 3. The number of carbonyl (C=O) groups excluding carboxylic acids is 1. The smallest absolute Gasteiger partial charge is 0.246 e. The van der Waals surface area contributed by atoms with Gasteiger partial charge in [-0.05, 0) is 55.7 Å². The number of rotatable bonds is 4. The zero-order valence-electron chi connectivity index (χ0n) is 13.7. The van der Waals surface area contributed by atoms with Crippen LogP contribution in [0.4, 0.5) is 5.69 Å². The first-order valence-electron chi connectivity index (χ1n) is 8.26. The molecule has 132 valence electrons. The molecular weight excluding hydrogens is 419 g/mol. The van der Waals surface area contributed by atoms with Crippen molar-refractivity contribution >= 4 is 41.5 Å². The first-order valence-corrected chi connectivity index (χ1v) is 8.26. The Hall–Kier alpha value is -1.35. The Morgan fingerprint density at radius 1 is 1.25 bits per heavy atom. The summed E-state index contributed by atoms with van der Waals surface area (Å²) in [5, 5.41) is 3.21. The summed E-state index contributed by atoms with van der Waals surface area (Å²) in [6, 6.07) is 6.28. The van der Waals surface area contributed by atoms with Crippen LogP contribution in [0.3, 0.4) is 0 Å². The number of fused-ring (bicyclic) bond motifs is 1. The highest BCUT2D eigenvalue weighted by molar-refractivity contribution is 14.0. The number of nitrogens with one attached hydrogen (secondary N) is 1. The summed E-state index contributed by atoms with van der Waals surface area (Å²) in [6.07, 6.45) is 5.56. The van der Waals surface area contributed by atoms with Gasteiger partial charge < -0.3 is 21.5 Å². The molecule has 5 N–H and O–H groups in total. The maximum Gasteiger partial charge on any atom is 0.246 e. The number of carbonyl (C=O) groups is 1. The second kappa shape index (κ2) is 8.66. The molecule has 1 aromatic carbocycles. The largest absolute Gasteiger partial charge is 0.370 e. The van der Waals surface area contributed by atoms with Crippen molar-refractivity contribution in [3.8, 4) is 0 Å². The van der Waals surface area contributed by atoms with Gasteiger partial charge in [0.2, 0.25) is 5.91 Å². The second-order valence-corrected chi connectivity index (χ2v) is 6.23. The van der Waals surface area contributed by atoms with E-state index in [0.717, 1.165) is 24.9 Å². The van der Waals surface area contributed by atoms with E-state index in [0.29, 0.717) is 18.9 Å². The number of nitrogens with two attached hydrogens (primary N) is 2. The average molecular weight is 444 g/mol. The highest BCUT2D eigenvalue weighted by Crippen LogP contribution is 2.27. The summed E-state index contributed by atoms with van der Waals surface area (Å²) in [7, 11) is 0. The van der Waals surface area contributed by atoms with Crippen LogP contribution >= 0.6 is 24.0 Å². The normalized spacial score (nSPS) is 23.2. The Morgan fingerprint density at radius 3 is 2.79 bits per heavy atom. The molecule has 3 rings (SSSR count). The lowest BCUT2D eigenvalue weighted by molar-refractivity contribution is -0.128. The van der Waals surface area contributed by atoms with E-state index < -0.39 is 12.0 Å². The van der Waals surface area contributed by atoms with Gasteiger partial charge in [0.15, 0.2) is 5.96 Å². The number of ether oxygens (including phenoxy) is 1. The number of aryl methyl sites for hydroxylation is 1. The number of guanidine groups is 1. The zero-order chi connectivity index (χ0) is 16.2. The molecule has 2 aliphatic rings. The number of primary amides is 1. The average Bonchev–Trinajstić information content (AvgIpc) is 3.03. The molecule has 1 saturated heterocycles. The van der Waals surface area contributed by atoms with E-state index in [2.05, 4.69) is 22.4 Å². The number of anilines is 1. The van der Waals surface area contributed by atoms with E-state index in [1.807, 2.05) is 6.07 Å². The first kappa shape index (κ1) is 19.0. The van der Waals surface area contributed by atoms with Crippen LogP contribution in [0, 0.1) is 0 Å². The van der Waals surface area contributed by atoms with Gasteiger partial charge in [-0.3, -0.25) is 9.79 Å². The quantitative estimate of drug-likeness (QED) is 0.375. The summed E-state index contributed by atoms with van der Waals surface area (Å²) in [5.74, 6) is -0.0198. The lowest BCUT2D eigenvalue weighted by Crippen LogP contribution is -2.29. The Labute approximate surface area is 159 Å². The van der Waals surface area contributed by atoms with E-state index in [4.69, 9.17) is 16.2 Å². The maximum absolute atomic E-state index is 11.1. The van der Waals surface area contributed by atoms with Gasteiger partial charge in [0.1, 0.15) is 6.10 Å². The van der Waals surface area contributed by atoms with Gasteiger partial charge in [-0.25, -0.2) is 0 Å². The zero-order valence-corrected chi connectivity index (χ0v) is 16.0. The third-order valence-electron chi connectivity index (χ3n) is 4.55. The van der Waals surface area contributed by atoms with Crippen molar-refractivity contribution in [2.24, 2.45) is 16.5 Å². The molecule has 0 spiro atoms. The highest BCUT2D eigenvalue weighted by Gasteiger charge is 2.28. The SMILES string of the molecule is I.NC(=O)C1CCC(CN=C(N)Nc2cccc3c2CCCC3)O1. The molecule has 24 heavy (non-hydrogen) atoms. The van der Waals surface area contributed by atoms with Crippen LogP contribution < -0.4 is 16.8 Å². The van der Waals surface area contributed by atoms with E-state index >= 15 is 0 Å². The number of hydrogen-bond acceptors (Lipinski definition) is 3. The predicted molar refractivity (Wildman–Crippen MR) is 106 cm³/mol. The number of halogens is 1. The van der Waals surface area contributed by atoms with E-state index in [1.54, 1.807) is 0 Å². The van der Waals surface area contributed by atoms with Gasteiger partial charge >= 0.3 is 0 Å². The van der Waals surface area contributed by atoms with Crippen molar-refractivity contribution in [2.75, 3.05) is 11.9 Å². The Bertz CT molecular complexity index is 621. The van der Waals surface area contributed by atoms with Crippen molar-refractivity contribution in [1.82, 2.24) is 0 Å². The van der Waals surface area contributed by atoms with Crippen LogP contribution in [-0.2, 0) is 22.4 Å². The monoisotopic (exact) mass is 444 g/mol. The third-order valence-corrected chi connectivity index (χ3v) is 4.55. The highest BCUT2D eigenvalue weighted by atomic mass is 127. The number of nitrogens with zero attached hydrogens (tertiary/aromatic N) is 1. The van der Waals surface area contributed by atoms with Crippen LogP contribution in [0.2, 0.25) is 0 Å². The van der Waals surface area contributed by atoms with Crippen molar-refractivity contribution in [3.63, 3.8) is 0 Å². The minimum Gasteiger partial charge on any atom is -0.370 e. The van der Waals surface area contributed by atoms with Crippen molar-refractivity contribution in [1.29, 1.82) is 0 Å². The van der Waals surface area contributed by atoms with Gasteiger partial charge in [-0.1, -0.05) is 12.1 Å². The molecule has 1 aromatic rings. The van der Waals surface area contributed by atoms with Gasteiger partial charge in [-0.15, -0.1) is 24.0 Å². The molecule has 6 nitrogen and oxygen atoms in total. The van der Waals surface area contributed by atoms with Crippen LogP contribution in [0.5, 0.6) is 0 Å². The van der Waals surface area contributed by atoms with E-state index in [1.165, 1.54) is 24.0 Å². The van der Waals surface area contributed by atoms with Crippen LogP contribution in [0.15, 0.2) is 23.2 Å². The first-order chi connectivity index (χ1) is 11.1. The third kappa shape index (κ3) is 4.60. The molecule has 2 unspecified atom stereocenters. The molecule has 1 aliphatic carbocycles. The molecule has 1 aliphatic heterocycles. The molecule has 0 saturated carbocycles. The molecule has 7 heteroatoms. The number of aliphatic imine (C=N–C) groups is 1. The molecule has 1 fully saturated rings. The molecule has 1 amide bonds. The summed E-state index contributed by atoms with van der Waals surface area (Å²) in [5.41, 5.74) is 15.0. The van der Waals surface area contributed by atoms with Crippen LogP contribution in [0.25, 0.3) is 0 Å². The number of amides is 1. The molecule has 0 bridgehead atoms. The maximum atomic E-state index is 11.1. The fraction of sp³-hybridized carbons (Fsp3) is 0.529. The molecule has 0 radical (unpaired) electrons. The summed E-state index contributed by atoms with van der Waals surface area (Å²) in [4.78, 5) is 15.4. The van der Waals surface area contributed by atoms with E-state index in [-0.39, 0.29) is 30.1 Å². The van der Waals surface area contributed by atoms with Gasteiger partial charge in [-0.2, -0.15) is 0 Å². The lowest BCUT2D eigenvalue weighted by Gasteiger charge is -2.20. The molecule has 1 heterocycles. The number of benzene rings is 1. The molecular formula is C17H25IN4O2. The van der Waals surface area contributed by atoms with Gasteiger partial charge in [0, 0.05) is 5.69 Å².